The number of aryl methyl sites for hydroxylation is 1. The minimum Gasteiger partial charge on any atom is -0.485 e. The Morgan fingerprint density at radius 1 is 1.23 bits per heavy atom. The predicted octanol–water partition coefficient (Wildman–Crippen LogP) is 2.62. The van der Waals surface area contributed by atoms with E-state index < -0.39 is 5.97 Å². The lowest BCUT2D eigenvalue weighted by atomic mass is 10.1. The van der Waals surface area contributed by atoms with Gasteiger partial charge in [0.2, 0.25) is 0 Å². The lowest BCUT2D eigenvalue weighted by molar-refractivity contribution is 0.0698. The highest BCUT2D eigenvalue weighted by molar-refractivity contribution is 5.94. The number of aromatic nitrogens is 3. The van der Waals surface area contributed by atoms with Gasteiger partial charge < -0.3 is 9.84 Å². The van der Waals surface area contributed by atoms with Crippen molar-refractivity contribution >= 4 is 11.6 Å². The Hall–Kier alpha value is -2.89. The fraction of sp³-hybridized carbons (Fsp3) is 0.188. The number of nitrogens with zero attached hydrogens (tertiary/aromatic N) is 3. The molecule has 0 saturated carbocycles. The molecule has 0 unspecified atom stereocenters. The van der Waals surface area contributed by atoms with E-state index in [9.17, 15) is 4.79 Å². The van der Waals surface area contributed by atoms with Crippen LogP contribution in [-0.2, 0) is 6.61 Å². The summed E-state index contributed by atoms with van der Waals surface area (Å²) in [5.74, 6) is 0.310. The van der Waals surface area contributed by atoms with Crippen LogP contribution in [0, 0.1) is 13.8 Å². The van der Waals surface area contributed by atoms with Gasteiger partial charge in [0.05, 0.1) is 0 Å². The Kier molecular flexibility index (Phi) is 3.50. The number of carboxylic acids is 1. The smallest absolute Gasteiger partial charge is 0.339 e. The van der Waals surface area contributed by atoms with Gasteiger partial charge in [0, 0.05) is 6.20 Å². The normalized spacial score (nSPS) is 10.8. The molecule has 0 bridgehead atoms. The zero-order valence-corrected chi connectivity index (χ0v) is 12.3. The number of pyridine rings is 1. The third-order valence-electron chi connectivity index (χ3n) is 3.65. The maximum Gasteiger partial charge on any atom is 0.339 e. The van der Waals surface area contributed by atoms with Gasteiger partial charge in [0.1, 0.15) is 17.9 Å². The molecule has 0 spiro atoms. The summed E-state index contributed by atoms with van der Waals surface area (Å²) in [5, 5.41) is 17.1. The van der Waals surface area contributed by atoms with Crippen LogP contribution in [0.4, 0.5) is 0 Å². The maximum atomic E-state index is 11.2. The van der Waals surface area contributed by atoms with Crippen LogP contribution >= 0.6 is 0 Å². The number of carbonyl (C=O) groups is 1. The summed E-state index contributed by atoms with van der Waals surface area (Å²) in [6.45, 7) is 4.23. The SMILES string of the molecule is Cc1cccc(OCc2nnc3c(C(=O)O)cccn23)c1C. The van der Waals surface area contributed by atoms with Crippen LogP contribution < -0.4 is 4.74 Å². The molecule has 6 nitrogen and oxygen atoms in total. The van der Waals surface area contributed by atoms with Gasteiger partial charge in [-0.05, 0) is 43.2 Å². The van der Waals surface area contributed by atoms with Crippen molar-refractivity contribution < 1.29 is 14.6 Å². The van der Waals surface area contributed by atoms with Crippen LogP contribution in [-0.4, -0.2) is 25.7 Å². The van der Waals surface area contributed by atoms with E-state index in [2.05, 4.69) is 10.2 Å². The molecule has 2 aromatic heterocycles. The van der Waals surface area contributed by atoms with Crippen LogP contribution in [0.1, 0.15) is 27.3 Å². The van der Waals surface area contributed by atoms with E-state index in [1.165, 1.54) is 6.07 Å². The minimum atomic E-state index is -1.03. The summed E-state index contributed by atoms with van der Waals surface area (Å²) in [6.07, 6.45) is 1.73. The first-order chi connectivity index (χ1) is 10.6. The molecule has 0 radical (unpaired) electrons. The molecule has 112 valence electrons. The third-order valence-corrected chi connectivity index (χ3v) is 3.65. The van der Waals surface area contributed by atoms with Crippen LogP contribution in [0.15, 0.2) is 36.5 Å². The number of ether oxygens (including phenoxy) is 1. The average molecular weight is 297 g/mol. The quantitative estimate of drug-likeness (QED) is 0.801. The Morgan fingerprint density at radius 2 is 2.05 bits per heavy atom. The molecular formula is C16H15N3O3. The monoisotopic (exact) mass is 297 g/mol. The van der Waals surface area contributed by atoms with Crippen molar-refractivity contribution in [2.24, 2.45) is 0 Å². The van der Waals surface area contributed by atoms with Gasteiger partial charge in [0.15, 0.2) is 11.5 Å². The standard InChI is InChI=1S/C16H15N3O3/c1-10-5-3-7-13(11(10)2)22-9-14-17-18-15-12(16(20)21)6-4-8-19(14)15/h3-8H,9H2,1-2H3,(H,20,21). The summed E-state index contributed by atoms with van der Waals surface area (Å²) in [4.78, 5) is 11.2. The van der Waals surface area contributed by atoms with E-state index in [0.717, 1.165) is 16.9 Å². The molecule has 1 aromatic carbocycles. The maximum absolute atomic E-state index is 11.2. The summed E-state index contributed by atoms with van der Waals surface area (Å²) < 4.78 is 7.43. The number of rotatable bonds is 4. The number of benzene rings is 1. The summed E-state index contributed by atoms with van der Waals surface area (Å²) in [6, 6.07) is 9.01. The van der Waals surface area contributed by atoms with Crippen molar-refractivity contribution in [3.8, 4) is 5.75 Å². The van der Waals surface area contributed by atoms with Gasteiger partial charge in [-0.1, -0.05) is 12.1 Å². The van der Waals surface area contributed by atoms with Crippen molar-refractivity contribution in [2.75, 3.05) is 0 Å². The highest BCUT2D eigenvalue weighted by Gasteiger charge is 2.14. The number of hydrogen-bond donors (Lipinski definition) is 1. The fourth-order valence-corrected chi connectivity index (χ4v) is 2.25. The molecule has 0 fully saturated rings. The lowest BCUT2D eigenvalue weighted by Crippen LogP contribution is -2.04. The first kappa shape index (κ1) is 14.1. The van der Waals surface area contributed by atoms with Crippen molar-refractivity contribution in [2.45, 2.75) is 20.5 Å². The first-order valence-corrected chi connectivity index (χ1v) is 6.83. The molecule has 0 saturated heterocycles. The zero-order chi connectivity index (χ0) is 15.7. The van der Waals surface area contributed by atoms with Gasteiger partial charge >= 0.3 is 5.97 Å². The average Bonchev–Trinajstić information content (AvgIpc) is 2.91. The number of fused-ring (bicyclic) bond motifs is 1. The molecule has 2 heterocycles. The van der Waals surface area contributed by atoms with Crippen molar-refractivity contribution in [1.82, 2.24) is 14.6 Å². The second-order valence-corrected chi connectivity index (χ2v) is 5.02. The molecule has 0 aliphatic carbocycles. The van der Waals surface area contributed by atoms with Gasteiger partial charge in [-0.2, -0.15) is 0 Å². The Balaban J connectivity index is 1.90. The van der Waals surface area contributed by atoms with Crippen LogP contribution in [0.25, 0.3) is 5.65 Å². The Labute approximate surface area is 127 Å². The van der Waals surface area contributed by atoms with Crippen LogP contribution in [0.2, 0.25) is 0 Å². The largest absolute Gasteiger partial charge is 0.485 e. The third kappa shape index (κ3) is 2.39. The van der Waals surface area contributed by atoms with Gasteiger partial charge in [-0.25, -0.2) is 4.79 Å². The number of hydrogen-bond acceptors (Lipinski definition) is 4. The van der Waals surface area contributed by atoms with Gasteiger partial charge in [-0.15, -0.1) is 10.2 Å². The lowest BCUT2D eigenvalue weighted by Gasteiger charge is -2.10. The van der Waals surface area contributed by atoms with Crippen molar-refractivity contribution in [1.29, 1.82) is 0 Å². The highest BCUT2D eigenvalue weighted by atomic mass is 16.5. The fourth-order valence-electron chi connectivity index (χ4n) is 2.25. The van der Waals surface area contributed by atoms with E-state index in [-0.39, 0.29) is 12.2 Å². The second kappa shape index (κ2) is 5.48. The molecule has 3 aromatic rings. The van der Waals surface area contributed by atoms with Gasteiger partial charge in [-0.3, -0.25) is 4.40 Å². The van der Waals surface area contributed by atoms with E-state index in [1.54, 1.807) is 16.7 Å². The topological polar surface area (TPSA) is 76.7 Å². The number of aromatic carboxylic acids is 1. The predicted molar refractivity (Wildman–Crippen MR) is 80.2 cm³/mol. The summed E-state index contributed by atoms with van der Waals surface area (Å²) >= 11 is 0. The molecule has 0 atom stereocenters. The molecule has 6 heteroatoms. The van der Waals surface area contributed by atoms with Crippen molar-refractivity contribution in [3.05, 3.63) is 59.0 Å². The molecule has 1 N–H and O–H groups in total. The van der Waals surface area contributed by atoms with E-state index in [4.69, 9.17) is 9.84 Å². The van der Waals surface area contributed by atoms with Gasteiger partial charge in [0.25, 0.3) is 0 Å². The van der Waals surface area contributed by atoms with E-state index >= 15 is 0 Å². The Morgan fingerprint density at radius 3 is 2.82 bits per heavy atom. The number of carboxylic acid groups (broad SMARTS) is 1. The highest BCUT2D eigenvalue weighted by Crippen LogP contribution is 2.21. The molecule has 3 rings (SSSR count). The minimum absolute atomic E-state index is 0.119. The first-order valence-electron chi connectivity index (χ1n) is 6.83. The van der Waals surface area contributed by atoms with Crippen molar-refractivity contribution in [3.63, 3.8) is 0 Å². The van der Waals surface area contributed by atoms with E-state index in [1.807, 2.05) is 32.0 Å². The molecule has 22 heavy (non-hydrogen) atoms. The molecular weight excluding hydrogens is 282 g/mol. The molecule has 0 aliphatic rings. The van der Waals surface area contributed by atoms with E-state index in [0.29, 0.717) is 11.5 Å². The summed E-state index contributed by atoms with van der Waals surface area (Å²) in [7, 11) is 0. The Bertz CT molecular complexity index is 855. The second-order valence-electron chi connectivity index (χ2n) is 5.02. The molecule has 0 aliphatic heterocycles. The zero-order valence-electron chi connectivity index (χ0n) is 12.3. The molecule has 0 amide bonds. The van der Waals surface area contributed by atoms with Crippen LogP contribution in [0.3, 0.4) is 0 Å². The van der Waals surface area contributed by atoms with Crippen LogP contribution in [0.5, 0.6) is 5.75 Å². The summed E-state index contributed by atoms with van der Waals surface area (Å²) in [5.41, 5.74) is 2.65.